The molecule has 3 nitrogen and oxygen atoms in total. The Morgan fingerprint density at radius 3 is 1.41 bits per heavy atom. The monoisotopic (exact) mass is 250 g/mol. The summed E-state index contributed by atoms with van der Waals surface area (Å²) in [6, 6.07) is 0. The molecule has 4 atom stereocenters. The molecule has 1 saturated heterocycles. The largest absolute Gasteiger partial charge is 0.387 e. The average Bonchev–Trinajstić information content (AvgIpc) is 2.82. The van der Waals surface area contributed by atoms with Gasteiger partial charge in [0, 0.05) is 11.1 Å². The van der Waals surface area contributed by atoms with E-state index in [2.05, 4.69) is 0 Å². The first-order valence-corrected chi connectivity index (χ1v) is 4.82. The van der Waals surface area contributed by atoms with E-state index in [4.69, 9.17) is 4.74 Å². The Hall–Kier alpha value is -1.18. The van der Waals surface area contributed by atoms with E-state index in [1.54, 1.807) is 0 Å². The van der Waals surface area contributed by atoms with Crippen molar-refractivity contribution < 1.29 is 32.5 Å². The highest BCUT2D eigenvalue weighted by Gasteiger charge is 2.55. The molecule has 17 heavy (non-hydrogen) atoms. The first kappa shape index (κ1) is 10.9. The first-order valence-electron chi connectivity index (χ1n) is 4.82. The number of rotatable bonds is 0. The molecule has 7 heteroatoms. The number of ether oxygens (including phenoxy) is 1. The van der Waals surface area contributed by atoms with Gasteiger partial charge in [0.15, 0.2) is 23.3 Å². The number of hydrogen-bond donors (Lipinski definition) is 2. The molecule has 0 amide bonds. The van der Waals surface area contributed by atoms with Crippen molar-refractivity contribution in [1.82, 2.24) is 0 Å². The summed E-state index contributed by atoms with van der Waals surface area (Å²) in [6.45, 7) is 0. The zero-order valence-corrected chi connectivity index (χ0v) is 8.12. The predicted molar refractivity (Wildman–Crippen MR) is 44.9 cm³/mol. The number of hydrogen-bond acceptors (Lipinski definition) is 3. The van der Waals surface area contributed by atoms with E-state index >= 15 is 0 Å². The molecule has 0 aromatic heterocycles. The van der Waals surface area contributed by atoms with Crippen molar-refractivity contribution in [2.45, 2.75) is 24.4 Å². The van der Waals surface area contributed by atoms with Gasteiger partial charge in [-0.05, 0) is 0 Å². The molecule has 2 aliphatic rings. The molecule has 1 fully saturated rings. The van der Waals surface area contributed by atoms with E-state index in [-0.39, 0.29) is 0 Å². The Morgan fingerprint density at radius 1 is 0.706 bits per heavy atom. The number of aliphatic hydroxyl groups excluding tert-OH is 2. The predicted octanol–water partition coefficient (Wildman–Crippen LogP) is 1.09. The maximum Gasteiger partial charge on any atom is 0.197 e. The molecule has 2 aliphatic heterocycles. The van der Waals surface area contributed by atoms with Gasteiger partial charge in [-0.3, -0.25) is 0 Å². The maximum atomic E-state index is 13.4. The minimum Gasteiger partial charge on any atom is -0.387 e. The number of fused-ring (bicyclic) bond motifs is 5. The van der Waals surface area contributed by atoms with E-state index < -0.39 is 58.8 Å². The number of aliphatic hydroxyl groups is 2. The van der Waals surface area contributed by atoms with Crippen molar-refractivity contribution in [1.29, 1.82) is 0 Å². The van der Waals surface area contributed by atoms with Crippen LogP contribution in [0.3, 0.4) is 0 Å². The molecule has 92 valence electrons. The van der Waals surface area contributed by atoms with Crippen LogP contribution in [-0.2, 0) is 4.74 Å². The fourth-order valence-electron chi connectivity index (χ4n) is 2.38. The molecule has 2 unspecified atom stereocenters. The Balaban J connectivity index is 2.32. The van der Waals surface area contributed by atoms with Crippen LogP contribution < -0.4 is 0 Å². The fourth-order valence-corrected chi connectivity index (χ4v) is 2.38. The molecule has 3 rings (SSSR count). The Bertz CT molecular complexity index is 474. The van der Waals surface area contributed by atoms with Gasteiger partial charge in [0.1, 0.15) is 24.4 Å². The van der Waals surface area contributed by atoms with Gasteiger partial charge in [-0.1, -0.05) is 0 Å². The summed E-state index contributed by atoms with van der Waals surface area (Å²) in [5.74, 6) is -7.06. The molecule has 0 radical (unpaired) electrons. The lowest BCUT2D eigenvalue weighted by atomic mass is 9.87. The lowest BCUT2D eigenvalue weighted by Gasteiger charge is -2.22. The average molecular weight is 250 g/mol. The van der Waals surface area contributed by atoms with Crippen molar-refractivity contribution in [3.8, 4) is 0 Å². The van der Waals surface area contributed by atoms with E-state index in [0.717, 1.165) is 0 Å². The van der Waals surface area contributed by atoms with Gasteiger partial charge in [0.05, 0.1) is 0 Å². The Morgan fingerprint density at radius 2 is 1.06 bits per heavy atom. The van der Waals surface area contributed by atoms with Gasteiger partial charge < -0.3 is 14.9 Å². The topological polar surface area (TPSA) is 49.7 Å². The van der Waals surface area contributed by atoms with Crippen LogP contribution in [0.5, 0.6) is 0 Å². The van der Waals surface area contributed by atoms with Crippen molar-refractivity contribution in [2.75, 3.05) is 0 Å². The van der Waals surface area contributed by atoms with Crippen molar-refractivity contribution in [3.05, 3.63) is 34.4 Å². The molecule has 2 heterocycles. The number of benzene rings is 1. The smallest absolute Gasteiger partial charge is 0.197 e. The fraction of sp³-hybridized carbons (Fsp3) is 0.400. The molecule has 1 aromatic carbocycles. The summed E-state index contributed by atoms with van der Waals surface area (Å²) < 4.78 is 57.8. The van der Waals surface area contributed by atoms with Gasteiger partial charge in [-0.25, -0.2) is 17.6 Å². The standard InChI is InChI=1S/C10H6F4O3/c11-3-1-2(4(12)6(14)5(3)13)10-8(16)7(15)9(1)17-10/h7-10,15-16H/t7-,8?,9-,10?/m0/s1. The Labute approximate surface area is 92.2 Å². The third-order valence-electron chi connectivity index (χ3n) is 3.17. The highest BCUT2D eigenvalue weighted by Crippen LogP contribution is 2.53. The summed E-state index contributed by atoms with van der Waals surface area (Å²) in [5, 5.41) is 18.9. The highest BCUT2D eigenvalue weighted by atomic mass is 19.2. The first-order chi connectivity index (χ1) is 7.95. The third kappa shape index (κ3) is 1.11. The second kappa shape index (κ2) is 3.18. The zero-order chi connectivity index (χ0) is 12.5. The number of halogens is 4. The normalized spacial score (nSPS) is 34.2. The van der Waals surface area contributed by atoms with Crippen LogP contribution in [0.4, 0.5) is 17.6 Å². The zero-order valence-electron chi connectivity index (χ0n) is 8.12. The van der Waals surface area contributed by atoms with Crippen LogP contribution in [0, 0.1) is 23.3 Å². The lowest BCUT2D eigenvalue weighted by Crippen LogP contribution is -2.33. The van der Waals surface area contributed by atoms with Gasteiger partial charge >= 0.3 is 0 Å². The quantitative estimate of drug-likeness (QED) is 0.411. The van der Waals surface area contributed by atoms with Crippen LogP contribution in [-0.4, -0.2) is 22.4 Å². The summed E-state index contributed by atoms with van der Waals surface area (Å²) >= 11 is 0. The minimum atomic E-state index is -1.95. The van der Waals surface area contributed by atoms with Crippen molar-refractivity contribution >= 4 is 0 Å². The SMILES string of the molecule is OC1C2O[C@@H](c3c(F)c(F)c(F)c(F)c32)[C@H]1O. The third-order valence-corrected chi connectivity index (χ3v) is 3.17. The molecule has 0 aliphatic carbocycles. The lowest BCUT2D eigenvalue weighted by molar-refractivity contribution is 0.0198. The van der Waals surface area contributed by atoms with Crippen LogP contribution >= 0.6 is 0 Å². The molecule has 0 spiro atoms. The van der Waals surface area contributed by atoms with Gasteiger partial charge in [0.2, 0.25) is 0 Å². The molecule has 2 N–H and O–H groups in total. The Kier molecular flexibility index (Phi) is 2.05. The molecule has 2 bridgehead atoms. The van der Waals surface area contributed by atoms with Crippen LogP contribution in [0.15, 0.2) is 0 Å². The molecule has 0 saturated carbocycles. The van der Waals surface area contributed by atoms with Crippen molar-refractivity contribution in [2.24, 2.45) is 0 Å². The van der Waals surface area contributed by atoms with Gasteiger partial charge in [0.25, 0.3) is 0 Å². The van der Waals surface area contributed by atoms with Crippen LogP contribution in [0.25, 0.3) is 0 Å². The van der Waals surface area contributed by atoms with Gasteiger partial charge in [-0.2, -0.15) is 0 Å². The second-order valence-electron chi connectivity index (χ2n) is 4.04. The molecule has 1 aromatic rings. The van der Waals surface area contributed by atoms with E-state index in [9.17, 15) is 27.8 Å². The summed E-state index contributed by atoms with van der Waals surface area (Å²) in [4.78, 5) is 0. The molecular formula is C10H6F4O3. The molecular weight excluding hydrogens is 244 g/mol. The van der Waals surface area contributed by atoms with Crippen molar-refractivity contribution in [3.63, 3.8) is 0 Å². The maximum absolute atomic E-state index is 13.4. The summed E-state index contributed by atoms with van der Waals surface area (Å²) in [7, 11) is 0. The van der Waals surface area contributed by atoms with E-state index in [1.807, 2.05) is 0 Å². The van der Waals surface area contributed by atoms with Gasteiger partial charge in [-0.15, -0.1) is 0 Å². The minimum absolute atomic E-state index is 0.552. The summed E-state index contributed by atoms with van der Waals surface area (Å²) in [5.41, 5.74) is -1.10. The summed E-state index contributed by atoms with van der Waals surface area (Å²) in [6.07, 6.45) is -5.69. The van der Waals surface area contributed by atoms with Crippen LogP contribution in [0.2, 0.25) is 0 Å². The highest BCUT2D eigenvalue weighted by molar-refractivity contribution is 5.43. The van der Waals surface area contributed by atoms with E-state index in [1.165, 1.54) is 0 Å². The van der Waals surface area contributed by atoms with Crippen LogP contribution in [0.1, 0.15) is 23.3 Å². The van der Waals surface area contributed by atoms with E-state index in [0.29, 0.717) is 0 Å². The second-order valence-corrected chi connectivity index (χ2v) is 4.04.